The summed E-state index contributed by atoms with van der Waals surface area (Å²) in [7, 11) is 3.08. The Morgan fingerprint density at radius 3 is 2.33 bits per heavy atom. The van der Waals surface area contributed by atoms with E-state index >= 15 is 0 Å². The Labute approximate surface area is 113 Å². The molecule has 0 radical (unpaired) electrons. The van der Waals surface area contributed by atoms with Gasteiger partial charge in [-0.1, -0.05) is 25.4 Å². The van der Waals surface area contributed by atoms with E-state index in [1.165, 1.54) is 7.11 Å². The third-order valence-electron chi connectivity index (χ3n) is 2.86. The van der Waals surface area contributed by atoms with Gasteiger partial charge in [0.15, 0.2) is 11.5 Å². The molecule has 0 fully saturated rings. The van der Waals surface area contributed by atoms with E-state index in [2.05, 4.69) is 0 Å². The van der Waals surface area contributed by atoms with Crippen molar-refractivity contribution in [1.29, 1.82) is 0 Å². The summed E-state index contributed by atoms with van der Waals surface area (Å²) >= 11 is 6.36. The predicted octanol–water partition coefficient (Wildman–Crippen LogP) is 2.47. The molecule has 0 amide bonds. The van der Waals surface area contributed by atoms with Crippen LogP contribution in [-0.4, -0.2) is 25.9 Å². The molecular formula is C13H20ClNO3. The summed E-state index contributed by atoms with van der Waals surface area (Å²) in [5.41, 5.74) is 7.41. The largest absolute Gasteiger partial charge is 0.493 e. The van der Waals surface area contributed by atoms with Gasteiger partial charge in [0, 0.05) is 5.56 Å². The zero-order valence-electron chi connectivity index (χ0n) is 11.2. The minimum absolute atomic E-state index is 0.208. The van der Waals surface area contributed by atoms with E-state index in [0.29, 0.717) is 22.1 Å². The van der Waals surface area contributed by atoms with Crippen molar-refractivity contribution in [1.82, 2.24) is 0 Å². The first-order valence-corrected chi connectivity index (χ1v) is 6.16. The second-order valence-corrected chi connectivity index (χ2v) is 4.75. The van der Waals surface area contributed by atoms with Crippen LogP contribution in [0.15, 0.2) is 6.07 Å². The molecule has 0 saturated heterocycles. The summed E-state index contributed by atoms with van der Waals surface area (Å²) in [6, 6.07) is 1.25. The van der Waals surface area contributed by atoms with Crippen LogP contribution in [0.4, 0.5) is 0 Å². The number of nitrogens with two attached hydrogens (primary N) is 1. The van der Waals surface area contributed by atoms with E-state index in [1.807, 2.05) is 19.9 Å². The monoisotopic (exact) mass is 273 g/mol. The van der Waals surface area contributed by atoms with Gasteiger partial charge in [0.2, 0.25) is 0 Å². The number of aliphatic hydroxyl groups excluding tert-OH is 1. The summed E-state index contributed by atoms with van der Waals surface area (Å²) in [6.45, 7) is 3.85. The van der Waals surface area contributed by atoms with Gasteiger partial charge in [0.1, 0.15) is 0 Å². The van der Waals surface area contributed by atoms with Crippen molar-refractivity contribution in [2.24, 2.45) is 5.73 Å². The molecule has 0 aliphatic rings. The van der Waals surface area contributed by atoms with Crippen LogP contribution >= 0.6 is 11.6 Å². The quantitative estimate of drug-likeness (QED) is 0.865. The molecule has 0 spiro atoms. The Morgan fingerprint density at radius 1 is 1.33 bits per heavy atom. The first kappa shape index (κ1) is 15.1. The van der Waals surface area contributed by atoms with Crippen molar-refractivity contribution in [3.63, 3.8) is 0 Å². The van der Waals surface area contributed by atoms with Crippen LogP contribution in [0.1, 0.15) is 36.9 Å². The number of rotatable bonds is 5. The first-order chi connectivity index (χ1) is 8.47. The van der Waals surface area contributed by atoms with Crippen LogP contribution in [0.5, 0.6) is 11.5 Å². The van der Waals surface area contributed by atoms with Crippen LogP contribution in [0.3, 0.4) is 0 Å². The van der Waals surface area contributed by atoms with Crippen molar-refractivity contribution in [2.45, 2.75) is 25.8 Å². The van der Waals surface area contributed by atoms with Gasteiger partial charge < -0.3 is 20.3 Å². The molecule has 1 rings (SSSR count). The van der Waals surface area contributed by atoms with Crippen LogP contribution in [0, 0.1) is 0 Å². The van der Waals surface area contributed by atoms with E-state index in [1.54, 1.807) is 7.11 Å². The maximum atomic E-state index is 9.25. The van der Waals surface area contributed by atoms with Gasteiger partial charge in [0.25, 0.3) is 0 Å². The number of benzene rings is 1. The Kier molecular flexibility index (Phi) is 5.26. The average molecular weight is 274 g/mol. The van der Waals surface area contributed by atoms with Gasteiger partial charge in [0.05, 0.1) is 31.9 Å². The number of halogens is 1. The van der Waals surface area contributed by atoms with Crippen molar-refractivity contribution in [3.8, 4) is 11.5 Å². The molecule has 0 aromatic heterocycles. The number of methoxy groups -OCH3 is 2. The highest BCUT2D eigenvalue weighted by molar-refractivity contribution is 6.32. The van der Waals surface area contributed by atoms with Gasteiger partial charge >= 0.3 is 0 Å². The van der Waals surface area contributed by atoms with Crippen molar-refractivity contribution in [2.75, 3.05) is 20.8 Å². The third kappa shape index (κ3) is 2.71. The summed E-state index contributed by atoms with van der Waals surface area (Å²) in [6.07, 6.45) is 0. The van der Waals surface area contributed by atoms with E-state index in [-0.39, 0.29) is 12.5 Å². The molecule has 0 aliphatic carbocycles. The van der Waals surface area contributed by atoms with E-state index in [4.69, 9.17) is 26.8 Å². The first-order valence-electron chi connectivity index (χ1n) is 5.78. The van der Waals surface area contributed by atoms with Crippen molar-refractivity contribution in [3.05, 3.63) is 22.2 Å². The molecule has 0 bridgehead atoms. The Hall–Kier alpha value is -0.970. The lowest BCUT2D eigenvalue weighted by atomic mass is 9.96. The number of ether oxygens (including phenoxy) is 2. The van der Waals surface area contributed by atoms with Gasteiger partial charge in [-0.2, -0.15) is 0 Å². The second kappa shape index (κ2) is 6.27. The third-order valence-corrected chi connectivity index (χ3v) is 3.28. The van der Waals surface area contributed by atoms with Crippen LogP contribution in [0.25, 0.3) is 0 Å². The Bertz CT molecular complexity index is 421. The van der Waals surface area contributed by atoms with Gasteiger partial charge in [-0.15, -0.1) is 0 Å². The standard InChI is InChI=1S/C13H20ClNO3/c1-7(2)8-5-10(17-3)13(18-4)11(12(8)14)9(15)6-16/h5,7,9,16H,6,15H2,1-4H3. The molecule has 1 atom stereocenters. The van der Waals surface area contributed by atoms with E-state index in [9.17, 15) is 5.11 Å². The minimum Gasteiger partial charge on any atom is -0.493 e. The Balaban J connectivity index is 3.56. The second-order valence-electron chi connectivity index (χ2n) is 4.37. The SMILES string of the molecule is COc1cc(C(C)C)c(Cl)c(C(N)CO)c1OC. The fourth-order valence-electron chi connectivity index (χ4n) is 1.86. The zero-order valence-corrected chi connectivity index (χ0v) is 11.9. The minimum atomic E-state index is -0.597. The molecular weight excluding hydrogens is 254 g/mol. The lowest BCUT2D eigenvalue weighted by Gasteiger charge is -2.21. The normalized spacial score (nSPS) is 12.7. The molecule has 3 N–H and O–H groups in total. The molecule has 0 saturated carbocycles. The van der Waals surface area contributed by atoms with Crippen molar-refractivity contribution < 1.29 is 14.6 Å². The van der Waals surface area contributed by atoms with Gasteiger partial charge in [-0.25, -0.2) is 0 Å². The van der Waals surface area contributed by atoms with Crippen LogP contribution in [0.2, 0.25) is 5.02 Å². The number of hydrogen-bond acceptors (Lipinski definition) is 4. The summed E-state index contributed by atoms with van der Waals surface area (Å²) < 4.78 is 10.6. The lowest BCUT2D eigenvalue weighted by Crippen LogP contribution is -2.17. The van der Waals surface area contributed by atoms with Gasteiger partial charge in [-0.3, -0.25) is 0 Å². The van der Waals surface area contributed by atoms with Crippen LogP contribution in [-0.2, 0) is 0 Å². The summed E-state index contributed by atoms with van der Waals surface area (Å²) in [5, 5.41) is 9.78. The molecule has 1 aromatic carbocycles. The Morgan fingerprint density at radius 2 is 1.94 bits per heavy atom. The van der Waals surface area contributed by atoms with Gasteiger partial charge in [-0.05, 0) is 17.5 Å². The zero-order chi connectivity index (χ0) is 13.9. The highest BCUT2D eigenvalue weighted by atomic mass is 35.5. The van der Waals surface area contributed by atoms with Crippen molar-refractivity contribution >= 4 is 11.6 Å². The fourth-order valence-corrected chi connectivity index (χ4v) is 2.36. The number of aliphatic hydroxyl groups is 1. The topological polar surface area (TPSA) is 64.7 Å². The molecule has 4 nitrogen and oxygen atoms in total. The molecule has 1 unspecified atom stereocenters. The molecule has 5 heteroatoms. The maximum absolute atomic E-state index is 9.25. The summed E-state index contributed by atoms with van der Waals surface area (Å²) in [5.74, 6) is 1.28. The van der Waals surface area contributed by atoms with Crippen LogP contribution < -0.4 is 15.2 Å². The smallest absolute Gasteiger partial charge is 0.167 e. The average Bonchev–Trinajstić information content (AvgIpc) is 2.36. The molecule has 1 aromatic rings. The molecule has 102 valence electrons. The fraction of sp³-hybridized carbons (Fsp3) is 0.538. The molecule has 0 aliphatic heterocycles. The summed E-state index contributed by atoms with van der Waals surface area (Å²) in [4.78, 5) is 0. The lowest BCUT2D eigenvalue weighted by molar-refractivity contribution is 0.263. The number of hydrogen-bond donors (Lipinski definition) is 2. The van der Waals surface area contributed by atoms with E-state index < -0.39 is 6.04 Å². The van der Waals surface area contributed by atoms with E-state index in [0.717, 1.165) is 5.56 Å². The molecule has 0 heterocycles. The highest BCUT2D eigenvalue weighted by Crippen LogP contribution is 2.43. The maximum Gasteiger partial charge on any atom is 0.167 e. The highest BCUT2D eigenvalue weighted by Gasteiger charge is 2.23. The molecule has 18 heavy (non-hydrogen) atoms. The predicted molar refractivity (Wildman–Crippen MR) is 72.7 cm³/mol.